The summed E-state index contributed by atoms with van der Waals surface area (Å²) in [4.78, 5) is 1.78. The maximum Gasteiger partial charge on any atom is 0.310 e. The SMILES string of the molecule is CCCC12COC(C3=CN(C)C(=N)C3)(OC1)OC2. The van der Waals surface area contributed by atoms with Gasteiger partial charge in [0, 0.05) is 30.7 Å². The molecule has 3 fully saturated rings. The Morgan fingerprint density at radius 1 is 1.28 bits per heavy atom. The van der Waals surface area contributed by atoms with Crippen molar-refractivity contribution >= 4 is 5.84 Å². The van der Waals surface area contributed by atoms with Crippen LogP contribution in [0.2, 0.25) is 0 Å². The van der Waals surface area contributed by atoms with Crippen LogP contribution >= 0.6 is 0 Å². The fourth-order valence-corrected chi connectivity index (χ4v) is 2.87. The molecular formula is C13H20N2O3. The monoisotopic (exact) mass is 252 g/mol. The summed E-state index contributed by atoms with van der Waals surface area (Å²) >= 11 is 0. The van der Waals surface area contributed by atoms with Gasteiger partial charge in [0.25, 0.3) is 0 Å². The van der Waals surface area contributed by atoms with Crippen LogP contribution < -0.4 is 0 Å². The molecule has 1 N–H and O–H groups in total. The van der Waals surface area contributed by atoms with Crippen LogP contribution in [0.3, 0.4) is 0 Å². The molecule has 0 aromatic rings. The van der Waals surface area contributed by atoms with Crippen molar-refractivity contribution in [3.05, 3.63) is 11.8 Å². The molecule has 0 unspecified atom stereocenters. The average molecular weight is 252 g/mol. The first-order valence-corrected chi connectivity index (χ1v) is 6.52. The predicted molar refractivity (Wildman–Crippen MR) is 66.1 cm³/mol. The van der Waals surface area contributed by atoms with E-state index < -0.39 is 5.97 Å². The van der Waals surface area contributed by atoms with Crippen molar-refractivity contribution in [2.24, 2.45) is 5.41 Å². The van der Waals surface area contributed by atoms with E-state index in [1.165, 1.54) is 0 Å². The van der Waals surface area contributed by atoms with Crippen molar-refractivity contribution in [1.82, 2.24) is 4.90 Å². The van der Waals surface area contributed by atoms with Crippen LogP contribution in [0.15, 0.2) is 11.8 Å². The summed E-state index contributed by atoms with van der Waals surface area (Å²) in [7, 11) is 1.86. The molecule has 0 saturated carbocycles. The standard InChI is InChI=1S/C13H20N2O3/c1-3-4-12-7-16-13(17-8-12,18-9-12)10-5-11(14)15(2)6-10/h6,14H,3-5,7-9H2,1-2H3. The first-order chi connectivity index (χ1) is 8.59. The largest absolute Gasteiger partial charge is 0.340 e. The summed E-state index contributed by atoms with van der Waals surface area (Å²) in [6, 6.07) is 0. The van der Waals surface area contributed by atoms with Gasteiger partial charge in [0.15, 0.2) is 0 Å². The van der Waals surface area contributed by atoms with Gasteiger partial charge in [-0.3, -0.25) is 5.41 Å². The third-order valence-corrected chi connectivity index (χ3v) is 4.01. The summed E-state index contributed by atoms with van der Waals surface area (Å²) in [5.74, 6) is -0.474. The Bertz CT molecular complexity index is 381. The maximum absolute atomic E-state index is 7.79. The zero-order valence-corrected chi connectivity index (χ0v) is 11.0. The van der Waals surface area contributed by atoms with Crippen molar-refractivity contribution in [3.8, 4) is 0 Å². The highest BCUT2D eigenvalue weighted by molar-refractivity contribution is 5.85. The lowest BCUT2D eigenvalue weighted by Crippen LogP contribution is -2.60. The minimum atomic E-state index is -1.02. The van der Waals surface area contributed by atoms with Crippen molar-refractivity contribution in [2.45, 2.75) is 32.2 Å². The summed E-state index contributed by atoms with van der Waals surface area (Å²) in [5, 5.41) is 7.79. The Morgan fingerprint density at radius 2 is 1.89 bits per heavy atom. The lowest BCUT2D eigenvalue weighted by molar-refractivity contribution is -0.450. The molecule has 0 spiro atoms. The number of nitrogens with zero attached hydrogens (tertiary/aromatic N) is 1. The average Bonchev–Trinajstić information content (AvgIpc) is 2.73. The Labute approximate surface area is 107 Å². The van der Waals surface area contributed by atoms with Crippen molar-refractivity contribution in [3.63, 3.8) is 0 Å². The molecule has 18 heavy (non-hydrogen) atoms. The van der Waals surface area contributed by atoms with Gasteiger partial charge in [-0.1, -0.05) is 13.3 Å². The second-order valence-electron chi connectivity index (χ2n) is 5.56. The number of nitrogens with one attached hydrogen (secondary N) is 1. The first-order valence-electron chi connectivity index (χ1n) is 6.52. The Balaban J connectivity index is 1.77. The Morgan fingerprint density at radius 3 is 2.33 bits per heavy atom. The second-order valence-corrected chi connectivity index (χ2v) is 5.56. The zero-order valence-electron chi connectivity index (χ0n) is 11.0. The number of fused-ring (bicyclic) bond motifs is 3. The van der Waals surface area contributed by atoms with Crippen LogP contribution in [0.1, 0.15) is 26.2 Å². The minimum absolute atomic E-state index is 0.0368. The topological polar surface area (TPSA) is 54.8 Å². The molecule has 5 heteroatoms. The van der Waals surface area contributed by atoms with Crippen molar-refractivity contribution < 1.29 is 14.2 Å². The number of hydrogen-bond donors (Lipinski definition) is 1. The van der Waals surface area contributed by atoms with Crippen molar-refractivity contribution in [1.29, 1.82) is 5.41 Å². The van der Waals surface area contributed by atoms with E-state index in [4.69, 9.17) is 19.6 Å². The van der Waals surface area contributed by atoms with Gasteiger partial charge in [-0.05, 0) is 6.42 Å². The third-order valence-electron chi connectivity index (χ3n) is 4.01. The lowest BCUT2D eigenvalue weighted by Gasteiger charge is -2.52. The number of rotatable bonds is 3. The molecule has 100 valence electrons. The minimum Gasteiger partial charge on any atom is -0.340 e. The predicted octanol–water partition coefficient (Wildman–Crippen LogP) is 1.70. The molecule has 0 atom stereocenters. The van der Waals surface area contributed by atoms with Crippen LogP contribution in [0.25, 0.3) is 0 Å². The molecule has 4 aliphatic heterocycles. The highest BCUT2D eigenvalue weighted by atomic mass is 16.9. The quantitative estimate of drug-likeness (QED) is 0.830. The number of hydrogen-bond acceptors (Lipinski definition) is 4. The van der Waals surface area contributed by atoms with Crippen LogP contribution in [0.4, 0.5) is 0 Å². The van der Waals surface area contributed by atoms with Gasteiger partial charge < -0.3 is 19.1 Å². The molecule has 2 bridgehead atoms. The van der Waals surface area contributed by atoms with Gasteiger partial charge in [-0.15, -0.1) is 0 Å². The fourth-order valence-electron chi connectivity index (χ4n) is 2.87. The van der Waals surface area contributed by atoms with Gasteiger partial charge in [0.05, 0.1) is 19.8 Å². The molecule has 3 saturated heterocycles. The van der Waals surface area contributed by atoms with E-state index in [1.54, 1.807) is 4.90 Å². The van der Waals surface area contributed by atoms with E-state index in [2.05, 4.69) is 6.92 Å². The van der Waals surface area contributed by atoms with Gasteiger partial charge in [0.1, 0.15) is 5.84 Å². The Hall–Kier alpha value is -0.910. The van der Waals surface area contributed by atoms with Crippen molar-refractivity contribution in [2.75, 3.05) is 26.9 Å². The van der Waals surface area contributed by atoms with Gasteiger partial charge >= 0.3 is 5.97 Å². The third kappa shape index (κ3) is 1.69. The van der Waals surface area contributed by atoms with Crippen LogP contribution in [0, 0.1) is 10.8 Å². The van der Waals surface area contributed by atoms with Crippen LogP contribution in [0.5, 0.6) is 0 Å². The van der Waals surface area contributed by atoms with E-state index >= 15 is 0 Å². The lowest BCUT2D eigenvalue weighted by atomic mass is 9.83. The normalized spacial score (nSPS) is 39.3. The highest BCUT2D eigenvalue weighted by Gasteiger charge is 2.55. The van der Waals surface area contributed by atoms with Gasteiger partial charge in [-0.2, -0.15) is 0 Å². The molecule has 0 aliphatic carbocycles. The van der Waals surface area contributed by atoms with Crippen LogP contribution in [-0.2, 0) is 14.2 Å². The summed E-state index contributed by atoms with van der Waals surface area (Å²) in [6.07, 6.45) is 4.61. The molecule has 0 amide bonds. The molecule has 4 rings (SSSR count). The van der Waals surface area contributed by atoms with E-state index in [9.17, 15) is 0 Å². The first kappa shape index (κ1) is 12.1. The van der Waals surface area contributed by atoms with E-state index in [0.717, 1.165) is 18.4 Å². The van der Waals surface area contributed by atoms with Gasteiger partial charge in [-0.25, -0.2) is 0 Å². The highest BCUT2D eigenvalue weighted by Crippen LogP contribution is 2.46. The summed E-state index contributed by atoms with van der Waals surface area (Å²) < 4.78 is 17.6. The van der Waals surface area contributed by atoms with E-state index in [0.29, 0.717) is 32.1 Å². The van der Waals surface area contributed by atoms with Gasteiger partial charge in [0.2, 0.25) is 0 Å². The molecular weight excluding hydrogens is 232 g/mol. The number of ether oxygens (including phenoxy) is 3. The van der Waals surface area contributed by atoms with E-state index in [1.807, 2.05) is 13.2 Å². The fraction of sp³-hybridized carbons (Fsp3) is 0.769. The Kier molecular flexibility index (Phi) is 2.73. The molecule has 5 nitrogen and oxygen atoms in total. The molecule has 0 aromatic carbocycles. The maximum atomic E-state index is 7.79. The molecule has 0 radical (unpaired) electrons. The molecule has 0 aromatic heterocycles. The molecule has 4 heterocycles. The van der Waals surface area contributed by atoms with Crippen LogP contribution in [-0.4, -0.2) is 43.6 Å². The number of amidine groups is 1. The zero-order chi connectivity index (χ0) is 12.8. The summed E-state index contributed by atoms with van der Waals surface area (Å²) in [6.45, 7) is 4.24. The van der Waals surface area contributed by atoms with E-state index in [-0.39, 0.29) is 5.41 Å². The second kappa shape index (κ2) is 4.05. The smallest absolute Gasteiger partial charge is 0.310 e. The summed E-state index contributed by atoms with van der Waals surface area (Å²) in [5.41, 5.74) is 0.939. The molecule has 4 aliphatic rings.